The molecule has 16 heavy (non-hydrogen) atoms. The number of carbonyl (C=O) groups excluding carboxylic acids is 2. The van der Waals surface area contributed by atoms with Crippen molar-refractivity contribution in [3.8, 4) is 0 Å². The zero-order valence-electron chi connectivity index (χ0n) is 10.1. The van der Waals surface area contributed by atoms with Crippen LogP contribution in [-0.2, 0) is 9.53 Å². The van der Waals surface area contributed by atoms with Gasteiger partial charge in [0, 0.05) is 20.5 Å². The maximum Gasteiger partial charge on any atom is 0.409 e. The van der Waals surface area contributed by atoms with Gasteiger partial charge in [0.05, 0.1) is 18.9 Å². The van der Waals surface area contributed by atoms with E-state index in [4.69, 9.17) is 0 Å². The van der Waals surface area contributed by atoms with Crippen LogP contribution in [0.4, 0.5) is 4.79 Å². The number of amides is 2. The second-order valence-electron chi connectivity index (χ2n) is 3.11. The molecule has 0 aromatic carbocycles. The fourth-order valence-corrected chi connectivity index (χ4v) is 2.89. The molecule has 0 aromatic heterocycles. The molecule has 0 radical (unpaired) electrons. The summed E-state index contributed by atoms with van der Waals surface area (Å²) in [7, 11) is 7.83. The third kappa shape index (κ3) is 6.12. The number of hydrogen-bond acceptors (Lipinski definition) is 5. The van der Waals surface area contributed by atoms with Crippen molar-refractivity contribution in [2.75, 3.05) is 33.0 Å². The Bertz CT molecular complexity index is 215. The Morgan fingerprint density at radius 3 is 2.06 bits per heavy atom. The van der Waals surface area contributed by atoms with Gasteiger partial charge in [0.1, 0.15) is 0 Å². The average Bonchev–Trinajstić information content (AvgIpc) is 2.31. The Morgan fingerprint density at radius 1 is 1.12 bits per heavy atom. The van der Waals surface area contributed by atoms with Crippen LogP contribution in [-0.4, -0.2) is 54.8 Å². The molecule has 0 saturated heterocycles. The SMILES string of the molecule is CCC(=O)N(C)CSSCN(C)C(=O)OC. The molecule has 0 saturated carbocycles. The van der Waals surface area contributed by atoms with Gasteiger partial charge in [-0.15, -0.1) is 0 Å². The normalized spacial score (nSPS) is 9.75. The Labute approximate surface area is 104 Å². The van der Waals surface area contributed by atoms with E-state index in [1.807, 2.05) is 6.92 Å². The fraction of sp³-hybridized carbons (Fsp3) is 0.778. The van der Waals surface area contributed by atoms with Crippen LogP contribution in [0, 0.1) is 0 Å². The third-order valence-corrected chi connectivity index (χ3v) is 4.08. The molecular formula is C9H18N2O3S2. The van der Waals surface area contributed by atoms with Gasteiger partial charge in [-0.2, -0.15) is 0 Å². The van der Waals surface area contributed by atoms with Crippen molar-refractivity contribution < 1.29 is 14.3 Å². The molecule has 0 aliphatic rings. The zero-order chi connectivity index (χ0) is 12.6. The van der Waals surface area contributed by atoms with Crippen molar-refractivity contribution in [1.29, 1.82) is 0 Å². The fourth-order valence-electron chi connectivity index (χ4n) is 0.783. The summed E-state index contributed by atoms with van der Waals surface area (Å²) in [5, 5.41) is 0. The minimum atomic E-state index is -0.355. The molecule has 0 unspecified atom stereocenters. The average molecular weight is 266 g/mol. The number of hydrogen-bond donors (Lipinski definition) is 0. The number of carbonyl (C=O) groups is 2. The van der Waals surface area contributed by atoms with Crippen LogP contribution >= 0.6 is 21.6 Å². The van der Waals surface area contributed by atoms with Gasteiger partial charge in [-0.3, -0.25) is 4.79 Å². The highest BCUT2D eigenvalue weighted by atomic mass is 33.1. The van der Waals surface area contributed by atoms with E-state index in [2.05, 4.69) is 4.74 Å². The van der Waals surface area contributed by atoms with E-state index in [0.717, 1.165) is 0 Å². The summed E-state index contributed by atoms with van der Waals surface area (Å²) in [6.07, 6.45) is 0.162. The quantitative estimate of drug-likeness (QED) is 0.417. The first kappa shape index (κ1) is 15.4. The maximum absolute atomic E-state index is 11.2. The third-order valence-electron chi connectivity index (χ3n) is 1.79. The van der Waals surface area contributed by atoms with Crippen LogP contribution in [0.5, 0.6) is 0 Å². The molecule has 2 amide bonds. The van der Waals surface area contributed by atoms with Crippen LogP contribution in [0.1, 0.15) is 13.3 Å². The topological polar surface area (TPSA) is 49.9 Å². The minimum Gasteiger partial charge on any atom is -0.453 e. The molecule has 5 nitrogen and oxygen atoms in total. The Kier molecular flexibility index (Phi) is 8.28. The summed E-state index contributed by atoms with van der Waals surface area (Å²) in [6.45, 7) is 1.83. The summed E-state index contributed by atoms with van der Waals surface area (Å²) < 4.78 is 4.55. The van der Waals surface area contributed by atoms with Crippen molar-refractivity contribution >= 4 is 33.6 Å². The molecule has 0 aromatic rings. The molecule has 0 rings (SSSR count). The van der Waals surface area contributed by atoms with Gasteiger partial charge in [-0.05, 0) is 0 Å². The lowest BCUT2D eigenvalue weighted by Crippen LogP contribution is -2.26. The number of rotatable bonds is 6. The molecule has 94 valence electrons. The summed E-state index contributed by atoms with van der Waals surface area (Å²) in [5.74, 6) is 1.27. The van der Waals surface area contributed by atoms with Gasteiger partial charge in [0.2, 0.25) is 5.91 Å². The van der Waals surface area contributed by atoms with Gasteiger partial charge in [0.15, 0.2) is 0 Å². The second kappa shape index (κ2) is 8.58. The van der Waals surface area contributed by atoms with E-state index >= 15 is 0 Å². The van der Waals surface area contributed by atoms with Crippen LogP contribution in [0.2, 0.25) is 0 Å². The van der Waals surface area contributed by atoms with E-state index in [-0.39, 0.29) is 12.0 Å². The zero-order valence-corrected chi connectivity index (χ0v) is 11.7. The van der Waals surface area contributed by atoms with E-state index in [0.29, 0.717) is 18.2 Å². The Hall–Kier alpha value is -0.560. The molecule has 0 aliphatic heterocycles. The molecule has 0 spiro atoms. The van der Waals surface area contributed by atoms with Gasteiger partial charge in [-0.1, -0.05) is 28.5 Å². The van der Waals surface area contributed by atoms with Crippen LogP contribution in [0.3, 0.4) is 0 Å². The molecule has 7 heteroatoms. The lowest BCUT2D eigenvalue weighted by Gasteiger charge is -2.17. The van der Waals surface area contributed by atoms with E-state index < -0.39 is 0 Å². The van der Waals surface area contributed by atoms with Crippen molar-refractivity contribution in [3.63, 3.8) is 0 Å². The van der Waals surface area contributed by atoms with Crippen molar-refractivity contribution in [2.45, 2.75) is 13.3 Å². The first-order valence-electron chi connectivity index (χ1n) is 4.80. The first-order valence-corrected chi connectivity index (χ1v) is 7.29. The number of ether oxygens (including phenoxy) is 1. The standard InChI is InChI=1S/C9H18N2O3S2/c1-5-8(12)10(2)6-15-16-7-11(3)9(13)14-4/h5-7H2,1-4H3. The minimum absolute atomic E-state index is 0.120. The van der Waals surface area contributed by atoms with E-state index in [9.17, 15) is 9.59 Å². The number of nitrogens with zero attached hydrogens (tertiary/aromatic N) is 2. The largest absolute Gasteiger partial charge is 0.453 e. The van der Waals surface area contributed by atoms with Gasteiger partial charge in [0.25, 0.3) is 0 Å². The van der Waals surface area contributed by atoms with Crippen molar-refractivity contribution in [2.24, 2.45) is 0 Å². The smallest absolute Gasteiger partial charge is 0.409 e. The van der Waals surface area contributed by atoms with Gasteiger partial charge in [-0.25, -0.2) is 4.79 Å². The second-order valence-corrected chi connectivity index (χ2v) is 5.51. The summed E-state index contributed by atoms with van der Waals surface area (Å²) >= 11 is 0. The molecule has 0 bridgehead atoms. The van der Waals surface area contributed by atoms with Crippen LogP contribution in [0.15, 0.2) is 0 Å². The number of methoxy groups -OCH3 is 1. The molecule has 0 aliphatic carbocycles. The van der Waals surface area contributed by atoms with Crippen LogP contribution in [0.25, 0.3) is 0 Å². The maximum atomic E-state index is 11.2. The van der Waals surface area contributed by atoms with Gasteiger partial charge < -0.3 is 14.5 Å². The monoisotopic (exact) mass is 266 g/mol. The van der Waals surface area contributed by atoms with Gasteiger partial charge >= 0.3 is 6.09 Å². The first-order chi connectivity index (χ1) is 7.52. The highest BCUT2D eigenvalue weighted by Gasteiger charge is 2.09. The lowest BCUT2D eigenvalue weighted by molar-refractivity contribution is -0.128. The molecule has 0 N–H and O–H groups in total. The highest BCUT2D eigenvalue weighted by molar-refractivity contribution is 8.76. The Balaban J connectivity index is 3.60. The van der Waals surface area contributed by atoms with Crippen molar-refractivity contribution in [1.82, 2.24) is 9.80 Å². The van der Waals surface area contributed by atoms with Crippen LogP contribution < -0.4 is 0 Å². The van der Waals surface area contributed by atoms with Crippen molar-refractivity contribution in [3.05, 3.63) is 0 Å². The Morgan fingerprint density at radius 2 is 1.62 bits per heavy atom. The molecule has 0 atom stereocenters. The summed E-state index contributed by atoms with van der Waals surface area (Å²) in [6, 6.07) is 0. The van der Waals surface area contributed by atoms with E-state index in [1.165, 1.54) is 33.6 Å². The highest BCUT2D eigenvalue weighted by Crippen LogP contribution is 2.22. The predicted octanol–water partition coefficient (Wildman–Crippen LogP) is 1.85. The molecule has 0 heterocycles. The summed E-state index contributed by atoms with van der Waals surface area (Å²) in [5.41, 5.74) is 0. The molecular weight excluding hydrogens is 248 g/mol. The predicted molar refractivity (Wildman–Crippen MR) is 68.1 cm³/mol. The summed E-state index contributed by atoms with van der Waals surface area (Å²) in [4.78, 5) is 25.4. The van der Waals surface area contributed by atoms with E-state index in [1.54, 1.807) is 19.0 Å². The molecule has 0 fully saturated rings. The lowest BCUT2D eigenvalue weighted by atomic mass is 10.4.